The van der Waals surface area contributed by atoms with Gasteiger partial charge in [0.05, 0.1) is 12.2 Å². The number of aryl methyl sites for hydroxylation is 1. The van der Waals surface area contributed by atoms with Gasteiger partial charge in [-0.2, -0.15) is 0 Å². The number of hydrogen-bond acceptors (Lipinski definition) is 5. The van der Waals surface area contributed by atoms with Gasteiger partial charge in [-0.25, -0.2) is 9.18 Å². The van der Waals surface area contributed by atoms with Crippen molar-refractivity contribution in [1.29, 1.82) is 0 Å². The van der Waals surface area contributed by atoms with Crippen LogP contribution in [0.15, 0.2) is 42.5 Å². The summed E-state index contributed by atoms with van der Waals surface area (Å²) in [5.41, 5.74) is 2.65. The molecule has 0 radical (unpaired) electrons. The predicted octanol–water partition coefficient (Wildman–Crippen LogP) is 3.91. The third kappa shape index (κ3) is 5.05. The van der Waals surface area contributed by atoms with Crippen LogP contribution in [-0.2, 0) is 20.7 Å². The molecule has 168 valence electrons. The molecule has 0 unspecified atom stereocenters. The molecule has 4 rings (SSSR count). The molecule has 0 bridgehead atoms. The van der Waals surface area contributed by atoms with Gasteiger partial charge in [-0.15, -0.1) is 0 Å². The fraction of sp³-hybridized carbons (Fsp3) is 0.400. The number of Topliss-reactive ketones (excluding diaryl/α,β-unsaturated/α-hetero) is 2. The van der Waals surface area contributed by atoms with E-state index in [4.69, 9.17) is 4.74 Å². The van der Waals surface area contributed by atoms with Crippen molar-refractivity contribution in [1.82, 2.24) is 5.32 Å². The molecule has 2 saturated heterocycles. The number of carbonyl (C=O) groups excluding carboxylic acids is 3. The molecular formula is C25H27FN2O4. The summed E-state index contributed by atoms with van der Waals surface area (Å²) in [7, 11) is 0. The van der Waals surface area contributed by atoms with E-state index in [0.717, 1.165) is 24.2 Å². The Hall–Kier alpha value is -3.06. The first-order valence-corrected chi connectivity index (χ1v) is 11.0. The first-order chi connectivity index (χ1) is 15.4. The predicted molar refractivity (Wildman–Crippen MR) is 119 cm³/mol. The van der Waals surface area contributed by atoms with Gasteiger partial charge in [0, 0.05) is 37.4 Å². The Labute approximate surface area is 186 Å². The van der Waals surface area contributed by atoms with Crippen LogP contribution in [0.3, 0.4) is 0 Å². The molecule has 2 aromatic rings. The lowest BCUT2D eigenvalue weighted by Crippen LogP contribution is -2.46. The Morgan fingerprint density at radius 1 is 1.12 bits per heavy atom. The van der Waals surface area contributed by atoms with Crippen molar-refractivity contribution >= 4 is 23.3 Å². The number of nitrogens with zero attached hydrogens (tertiary/aromatic N) is 1. The Bertz CT molecular complexity index is 1020. The molecule has 0 saturated carbocycles. The van der Waals surface area contributed by atoms with E-state index in [-0.39, 0.29) is 17.8 Å². The van der Waals surface area contributed by atoms with Crippen LogP contribution in [-0.4, -0.2) is 43.4 Å². The van der Waals surface area contributed by atoms with Gasteiger partial charge in [-0.3, -0.25) is 9.69 Å². The first-order valence-electron chi connectivity index (χ1n) is 11.0. The minimum absolute atomic E-state index is 0.0446. The molecule has 7 heteroatoms. The van der Waals surface area contributed by atoms with Gasteiger partial charge in [0.2, 0.25) is 0 Å². The van der Waals surface area contributed by atoms with Gasteiger partial charge in [0.1, 0.15) is 23.5 Å². The van der Waals surface area contributed by atoms with Crippen molar-refractivity contribution in [3.63, 3.8) is 0 Å². The van der Waals surface area contributed by atoms with Gasteiger partial charge in [-0.1, -0.05) is 24.3 Å². The monoisotopic (exact) mass is 438 g/mol. The number of ketones is 2. The van der Waals surface area contributed by atoms with E-state index < -0.39 is 11.9 Å². The number of anilines is 1. The van der Waals surface area contributed by atoms with Crippen LogP contribution in [0.2, 0.25) is 0 Å². The molecule has 0 aromatic heterocycles. The van der Waals surface area contributed by atoms with E-state index in [1.807, 2.05) is 24.3 Å². The SMILES string of the molecule is CC(=O)CC[C@H]1CN(c2ccc(-c3ccc(CCC(=O)C4CNC4)cc3)c(F)c2)C(=O)O1. The van der Waals surface area contributed by atoms with Crippen molar-refractivity contribution in [2.24, 2.45) is 5.92 Å². The summed E-state index contributed by atoms with van der Waals surface area (Å²) in [5, 5.41) is 3.11. The third-order valence-electron chi connectivity index (χ3n) is 6.12. The molecule has 2 aliphatic heterocycles. The molecule has 1 atom stereocenters. The zero-order valence-electron chi connectivity index (χ0n) is 18.1. The smallest absolute Gasteiger partial charge is 0.414 e. The van der Waals surface area contributed by atoms with E-state index >= 15 is 0 Å². The van der Waals surface area contributed by atoms with Crippen LogP contribution < -0.4 is 10.2 Å². The molecule has 1 amide bonds. The summed E-state index contributed by atoms with van der Waals surface area (Å²) in [6.07, 6.45) is 1.12. The zero-order valence-corrected chi connectivity index (χ0v) is 18.1. The number of hydrogen-bond donors (Lipinski definition) is 1. The Kier molecular flexibility index (Phi) is 6.65. The first kappa shape index (κ1) is 22.1. The molecule has 6 nitrogen and oxygen atoms in total. The standard InChI is InChI=1S/C25H27FN2O4/c1-16(29)2-9-21-15-28(25(31)32-21)20-8-10-22(23(26)12-20)18-6-3-17(4-7-18)5-11-24(30)19-13-27-14-19/h3-4,6-8,10,12,19,21,27H,2,5,9,11,13-15H2,1H3/t21-/m0/s1. The lowest BCUT2D eigenvalue weighted by molar-refractivity contribution is -0.124. The summed E-state index contributed by atoms with van der Waals surface area (Å²) in [5.74, 6) is 0.0590. The highest BCUT2D eigenvalue weighted by Crippen LogP contribution is 2.30. The number of cyclic esters (lactones) is 1. The number of halogens is 1. The van der Waals surface area contributed by atoms with E-state index in [2.05, 4.69) is 5.32 Å². The average molecular weight is 438 g/mol. The highest BCUT2D eigenvalue weighted by atomic mass is 19.1. The summed E-state index contributed by atoms with van der Waals surface area (Å²) in [4.78, 5) is 36.8. The van der Waals surface area contributed by atoms with Gasteiger partial charge >= 0.3 is 6.09 Å². The lowest BCUT2D eigenvalue weighted by atomic mass is 9.93. The van der Waals surface area contributed by atoms with Crippen molar-refractivity contribution in [2.75, 3.05) is 24.5 Å². The van der Waals surface area contributed by atoms with Crippen LogP contribution in [0, 0.1) is 11.7 Å². The number of carbonyl (C=O) groups is 3. The largest absolute Gasteiger partial charge is 0.444 e. The van der Waals surface area contributed by atoms with Crippen LogP contribution in [0.5, 0.6) is 0 Å². The Morgan fingerprint density at radius 2 is 1.88 bits per heavy atom. The van der Waals surface area contributed by atoms with Crippen LogP contribution in [0.4, 0.5) is 14.9 Å². The fourth-order valence-electron chi connectivity index (χ4n) is 3.99. The van der Waals surface area contributed by atoms with Crippen LogP contribution in [0.1, 0.15) is 31.7 Å². The van der Waals surface area contributed by atoms with E-state index in [1.54, 1.807) is 12.1 Å². The Morgan fingerprint density at radius 3 is 2.50 bits per heavy atom. The Balaban J connectivity index is 1.39. The minimum atomic E-state index is -0.526. The van der Waals surface area contributed by atoms with E-state index in [9.17, 15) is 18.8 Å². The van der Waals surface area contributed by atoms with Crippen LogP contribution >= 0.6 is 0 Å². The van der Waals surface area contributed by atoms with Gasteiger partial charge < -0.3 is 14.8 Å². The summed E-state index contributed by atoms with van der Waals surface area (Å²) < 4.78 is 20.2. The topological polar surface area (TPSA) is 75.7 Å². The maximum Gasteiger partial charge on any atom is 0.414 e. The van der Waals surface area contributed by atoms with Crippen LogP contribution in [0.25, 0.3) is 11.1 Å². The third-order valence-corrected chi connectivity index (χ3v) is 6.12. The lowest BCUT2D eigenvalue weighted by Gasteiger charge is -2.25. The molecule has 2 fully saturated rings. The van der Waals surface area contributed by atoms with Gasteiger partial charge in [0.15, 0.2) is 0 Å². The molecule has 1 N–H and O–H groups in total. The maximum atomic E-state index is 14.9. The van der Waals surface area contributed by atoms with Crippen molar-refractivity contribution in [3.05, 3.63) is 53.8 Å². The number of nitrogens with one attached hydrogen (secondary N) is 1. The summed E-state index contributed by atoms with van der Waals surface area (Å²) >= 11 is 0. The fourth-order valence-corrected chi connectivity index (χ4v) is 3.99. The normalized spacial score (nSPS) is 18.4. The second kappa shape index (κ2) is 9.61. The number of ether oxygens (including phenoxy) is 1. The second-order valence-electron chi connectivity index (χ2n) is 8.54. The van der Waals surface area contributed by atoms with E-state index in [0.29, 0.717) is 49.3 Å². The molecule has 2 aromatic carbocycles. The highest BCUT2D eigenvalue weighted by Gasteiger charge is 2.32. The number of benzene rings is 2. The molecule has 2 heterocycles. The zero-order chi connectivity index (χ0) is 22.7. The molecule has 2 aliphatic rings. The van der Waals surface area contributed by atoms with E-state index in [1.165, 1.54) is 17.9 Å². The van der Waals surface area contributed by atoms with Crippen molar-refractivity contribution < 1.29 is 23.5 Å². The molecule has 0 spiro atoms. The summed E-state index contributed by atoms with van der Waals surface area (Å²) in [6, 6.07) is 12.2. The summed E-state index contributed by atoms with van der Waals surface area (Å²) in [6.45, 7) is 3.36. The highest BCUT2D eigenvalue weighted by molar-refractivity contribution is 5.90. The number of amides is 1. The van der Waals surface area contributed by atoms with Crippen molar-refractivity contribution in [3.8, 4) is 11.1 Å². The maximum absolute atomic E-state index is 14.9. The van der Waals surface area contributed by atoms with Gasteiger partial charge in [0.25, 0.3) is 0 Å². The average Bonchev–Trinajstić information content (AvgIpc) is 3.10. The number of rotatable bonds is 9. The van der Waals surface area contributed by atoms with Crippen molar-refractivity contribution in [2.45, 2.75) is 38.7 Å². The minimum Gasteiger partial charge on any atom is -0.444 e. The second-order valence-corrected chi connectivity index (χ2v) is 8.54. The quantitative estimate of drug-likeness (QED) is 0.643. The molecule has 32 heavy (non-hydrogen) atoms. The molecule has 0 aliphatic carbocycles. The molecular weight excluding hydrogens is 411 g/mol. The van der Waals surface area contributed by atoms with Gasteiger partial charge in [-0.05, 0) is 49.1 Å².